The topological polar surface area (TPSA) is 40.5 Å². The van der Waals surface area contributed by atoms with Gasteiger partial charge < -0.3 is 10.2 Å². The van der Waals surface area contributed by atoms with Crippen molar-refractivity contribution in [2.45, 2.75) is 38.4 Å². The minimum absolute atomic E-state index is 0.0521. The molecule has 3 atom stereocenters. The Kier molecular flexibility index (Phi) is 2.09. The van der Waals surface area contributed by atoms with Gasteiger partial charge in [0.25, 0.3) is 0 Å². The maximum Gasteiger partial charge on any atom is 0.0573 e. The van der Waals surface area contributed by atoms with Gasteiger partial charge >= 0.3 is 0 Å². The van der Waals surface area contributed by atoms with Crippen molar-refractivity contribution in [2.75, 3.05) is 0 Å². The van der Waals surface area contributed by atoms with Crippen LogP contribution in [0.3, 0.4) is 0 Å². The molecule has 1 aliphatic rings. The minimum atomic E-state index is -0.196. The van der Waals surface area contributed by atoms with Gasteiger partial charge in [-0.05, 0) is 32.1 Å². The van der Waals surface area contributed by atoms with Gasteiger partial charge in [-0.1, -0.05) is 0 Å². The van der Waals surface area contributed by atoms with Gasteiger partial charge in [0.1, 0.15) is 0 Å². The van der Waals surface area contributed by atoms with Crippen LogP contribution in [-0.2, 0) is 0 Å². The molecule has 0 radical (unpaired) electrons. The average molecular weight is 130 g/mol. The van der Waals surface area contributed by atoms with Crippen molar-refractivity contribution in [3.8, 4) is 0 Å². The first-order valence-corrected chi connectivity index (χ1v) is 3.56. The van der Waals surface area contributed by atoms with Crippen LogP contribution < -0.4 is 0 Å². The van der Waals surface area contributed by atoms with E-state index in [0.717, 1.165) is 19.3 Å². The Morgan fingerprint density at radius 3 is 2.56 bits per heavy atom. The van der Waals surface area contributed by atoms with Crippen molar-refractivity contribution in [2.24, 2.45) is 5.92 Å². The van der Waals surface area contributed by atoms with E-state index in [9.17, 15) is 0 Å². The highest BCUT2D eigenvalue weighted by molar-refractivity contribution is 4.85. The Bertz CT molecular complexity index is 90.9. The summed E-state index contributed by atoms with van der Waals surface area (Å²) in [7, 11) is 0. The van der Waals surface area contributed by atoms with Crippen LogP contribution in [0.1, 0.15) is 26.2 Å². The number of hydrogen-bond donors (Lipinski definition) is 2. The first-order chi connectivity index (χ1) is 4.20. The molecule has 2 nitrogen and oxygen atoms in total. The summed E-state index contributed by atoms with van der Waals surface area (Å²) < 4.78 is 0. The largest absolute Gasteiger partial charge is 0.393 e. The number of aliphatic hydroxyl groups is 2. The van der Waals surface area contributed by atoms with Gasteiger partial charge in [-0.15, -0.1) is 0 Å². The predicted octanol–water partition coefficient (Wildman–Crippen LogP) is 0.528. The molecule has 0 spiro atoms. The lowest BCUT2D eigenvalue weighted by Gasteiger charge is -2.00. The van der Waals surface area contributed by atoms with Crippen molar-refractivity contribution < 1.29 is 10.2 Å². The molecule has 0 bridgehead atoms. The molecule has 9 heavy (non-hydrogen) atoms. The molecule has 0 aromatic carbocycles. The third-order valence-electron chi connectivity index (χ3n) is 1.84. The maximum absolute atomic E-state index is 8.86. The summed E-state index contributed by atoms with van der Waals surface area (Å²) in [5.74, 6) is 0.500. The number of aliphatic hydroxyl groups excluding tert-OH is 2. The van der Waals surface area contributed by atoms with E-state index >= 15 is 0 Å². The summed E-state index contributed by atoms with van der Waals surface area (Å²) in [6.07, 6.45) is 2.52. The quantitative estimate of drug-likeness (QED) is 0.585. The van der Waals surface area contributed by atoms with Crippen LogP contribution in [0.2, 0.25) is 0 Å². The molecule has 2 heteroatoms. The van der Waals surface area contributed by atoms with Crippen LogP contribution in [0.5, 0.6) is 0 Å². The first kappa shape index (κ1) is 7.03. The molecule has 0 aliphatic heterocycles. The third kappa shape index (κ3) is 2.33. The van der Waals surface area contributed by atoms with E-state index in [4.69, 9.17) is 10.2 Å². The second-order valence-corrected chi connectivity index (χ2v) is 2.99. The molecular weight excluding hydrogens is 116 g/mol. The van der Waals surface area contributed by atoms with Crippen LogP contribution in [0.15, 0.2) is 0 Å². The average Bonchev–Trinajstić information content (AvgIpc) is 2.42. The van der Waals surface area contributed by atoms with Crippen molar-refractivity contribution in [1.82, 2.24) is 0 Å². The molecule has 3 unspecified atom stereocenters. The maximum atomic E-state index is 8.86. The molecular formula is C7H14O2. The zero-order chi connectivity index (χ0) is 6.85. The van der Waals surface area contributed by atoms with Gasteiger partial charge in [0.05, 0.1) is 12.2 Å². The van der Waals surface area contributed by atoms with Crippen LogP contribution in [0.4, 0.5) is 0 Å². The molecule has 0 heterocycles. The molecule has 1 aliphatic carbocycles. The van der Waals surface area contributed by atoms with E-state index < -0.39 is 0 Å². The van der Waals surface area contributed by atoms with E-state index in [2.05, 4.69) is 0 Å². The lowest BCUT2D eigenvalue weighted by atomic mass is 10.1. The first-order valence-electron chi connectivity index (χ1n) is 3.56. The molecule has 0 aromatic heterocycles. The molecule has 1 saturated carbocycles. The summed E-state index contributed by atoms with van der Waals surface area (Å²) in [5, 5.41) is 17.7. The molecule has 54 valence electrons. The molecule has 1 fully saturated rings. The van der Waals surface area contributed by atoms with Crippen LogP contribution in [0, 0.1) is 5.92 Å². The Labute approximate surface area is 55.5 Å². The summed E-state index contributed by atoms with van der Waals surface area (Å²) in [4.78, 5) is 0. The zero-order valence-corrected chi connectivity index (χ0v) is 5.75. The van der Waals surface area contributed by atoms with Crippen LogP contribution in [-0.4, -0.2) is 22.4 Å². The van der Waals surface area contributed by atoms with E-state index in [1.165, 1.54) is 0 Å². The van der Waals surface area contributed by atoms with Crippen molar-refractivity contribution in [1.29, 1.82) is 0 Å². The second-order valence-electron chi connectivity index (χ2n) is 2.99. The normalized spacial score (nSPS) is 36.3. The summed E-state index contributed by atoms with van der Waals surface area (Å²) >= 11 is 0. The predicted molar refractivity (Wildman–Crippen MR) is 35.0 cm³/mol. The highest BCUT2D eigenvalue weighted by Gasteiger charge is 2.34. The van der Waals surface area contributed by atoms with Crippen molar-refractivity contribution >= 4 is 0 Å². The van der Waals surface area contributed by atoms with E-state index in [-0.39, 0.29) is 12.2 Å². The lowest BCUT2D eigenvalue weighted by Crippen LogP contribution is -2.00. The third-order valence-corrected chi connectivity index (χ3v) is 1.84. The van der Waals surface area contributed by atoms with E-state index in [1.54, 1.807) is 6.92 Å². The number of hydrogen-bond acceptors (Lipinski definition) is 2. The lowest BCUT2D eigenvalue weighted by molar-refractivity contribution is 0.174. The smallest absolute Gasteiger partial charge is 0.0573 e. The van der Waals surface area contributed by atoms with Gasteiger partial charge in [0.15, 0.2) is 0 Å². The number of rotatable bonds is 3. The summed E-state index contributed by atoms with van der Waals surface area (Å²) in [6.45, 7) is 1.79. The summed E-state index contributed by atoms with van der Waals surface area (Å²) in [6, 6.07) is 0. The van der Waals surface area contributed by atoms with Crippen molar-refractivity contribution in [3.63, 3.8) is 0 Å². The fourth-order valence-corrected chi connectivity index (χ4v) is 0.997. The highest BCUT2D eigenvalue weighted by atomic mass is 16.3. The van der Waals surface area contributed by atoms with Gasteiger partial charge in [-0.2, -0.15) is 0 Å². The summed E-state index contributed by atoms with van der Waals surface area (Å²) in [5.41, 5.74) is 0. The SMILES string of the molecule is CC(O)CCC1CC1O. The standard InChI is InChI=1S/C7H14O2/c1-5(8)2-3-6-4-7(6)9/h5-9H,2-4H2,1H3. The fourth-order valence-electron chi connectivity index (χ4n) is 0.997. The monoisotopic (exact) mass is 130 g/mol. The molecule has 2 N–H and O–H groups in total. The Balaban J connectivity index is 1.94. The molecule has 0 saturated heterocycles. The Morgan fingerprint density at radius 2 is 2.22 bits per heavy atom. The molecule has 0 aromatic rings. The van der Waals surface area contributed by atoms with Gasteiger partial charge in [0, 0.05) is 0 Å². The second kappa shape index (κ2) is 2.67. The van der Waals surface area contributed by atoms with Gasteiger partial charge in [-0.25, -0.2) is 0 Å². The van der Waals surface area contributed by atoms with Gasteiger partial charge in [-0.3, -0.25) is 0 Å². The zero-order valence-electron chi connectivity index (χ0n) is 5.75. The van der Waals surface area contributed by atoms with E-state index in [0.29, 0.717) is 5.92 Å². The van der Waals surface area contributed by atoms with Gasteiger partial charge in [0.2, 0.25) is 0 Å². The van der Waals surface area contributed by atoms with Crippen molar-refractivity contribution in [3.05, 3.63) is 0 Å². The van der Waals surface area contributed by atoms with Crippen LogP contribution in [0.25, 0.3) is 0 Å². The Hall–Kier alpha value is -0.0800. The Morgan fingerprint density at radius 1 is 1.67 bits per heavy atom. The highest BCUT2D eigenvalue weighted by Crippen LogP contribution is 2.34. The van der Waals surface area contributed by atoms with Crippen LogP contribution >= 0.6 is 0 Å². The molecule has 1 rings (SSSR count). The fraction of sp³-hybridized carbons (Fsp3) is 1.00. The minimum Gasteiger partial charge on any atom is -0.393 e. The van der Waals surface area contributed by atoms with E-state index in [1.807, 2.05) is 0 Å². The molecule has 0 amide bonds.